The van der Waals surface area contributed by atoms with Crippen molar-refractivity contribution in [1.29, 1.82) is 5.26 Å². The largest absolute Gasteiger partial charge is 0.497 e. The van der Waals surface area contributed by atoms with E-state index in [0.29, 0.717) is 34.8 Å². The number of likely N-dealkylation sites (N-methyl/N-ethyl adjacent to an activating group) is 1. The summed E-state index contributed by atoms with van der Waals surface area (Å²) in [6, 6.07) is 8.77. The van der Waals surface area contributed by atoms with Crippen molar-refractivity contribution >= 4 is 40.0 Å². The monoisotopic (exact) mass is 539 g/mol. The Morgan fingerprint density at radius 2 is 2.19 bits per heavy atom. The maximum atomic E-state index is 12.9. The van der Waals surface area contributed by atoms with Gasteiger partial charge in [-0.15, -0.1) is 11.3 Å². The number of fused-ring (bicyclic) bond motifs is 1. The van der Waals surface area contributed by atoms with Gasteiger partial charge in [0.05, 0.1) is 30.7 Å². The van der Waals surface area contributed by atoms with Gasteiger partial charge in [-0.3, -0.25) is 9.59 Å². The van der Waals surface area contributed by atoms with Gasteiger partial charge in [-0.25, -0.2) is 9.78 Å². The molecule has 12 heteroatoms. The summed E-state index contributed by atoms with van der Waals surface area (Å²) in [6.45, 7) is 3.48. The van der Waals surface area contributed by atoms with E-state index >= 15 is 0 Å². The van der Waals surface area contributed by atoms with Gasteiger partial charge < -0.3 is 24.7 Å². The average Bonchev–Trinajstić information content (AvgIpc) is 3.24. The molecule has 37 heavy (non-hydrogen) atoms. The zero-order chi connectivity index (χ0) is 26.5. The zero-order valence-electron chi connectivity index (χ0n) is 20.5. The Morgan fingerprint density at radius 1 is 1.38 bits per heavy atom. The molecule has 0 aliphatic carbocycles. The molecule has 192 valence electrons. The minimum atomic E-state index is -0.599. The number of nitrogens with zero attached hydrogens (tertiary/aromatic N) is 3. The molecule has 1 aromatic carbocycles. The Kier molecular flexibility index (Phi) is 8.27. The van der Waals surface area contributed by atoms with Gasteiger partial charge in [0.25, 0.3) is 5.56 Å². The van der Waals surface area contributed by atoms with Crippen LogP contribution in [0.5, 0.6) is 5.75 Å². The Morgan fingerprint density at radius 3 is 2.92 bits per heavy atom. The van der Waals surface area contributed by atoms with Crippen LogP contribution in [-0.2, 0) is 22.5 Å². The summed E-state index contributed by atoms with van der Waals surface area (Å²) >= 11 is 2.40. The zero-order valence-corrected chi connectivity index (χ0v) is 22.2. The molecule has 0 radical (unpaired) electrons. The first-order chi connectivity index (χ1) is 17.8. The number of methoxy groups -OCH3 is 1. The van der Waals surface area contributed by atoms with E-state index < -0.39 is 11.5 Å². The molecule has 3 aromatic rings. The molecule has 1 amide bonds. The quantitative estimate of drug-likeness (QED) is 0.251. The second-order valence-corrected chi connectivity index (χ2v) is 10.3. The maximum Gasteiger partial charge on any atom is 0.341 e. The van der Waals surface area contributed by atoms with Crippen LogP contribution in [-0.4, -0.2) is 59.8 Å². The average molecular weight is 540 g/mol. The predicted octanol–water partition coefficient (Wildman–Crippen LogP) is 3.27. The standard InChI is InChI=1S/C25H25N5O5S2/c1-4-35-24(33)20-16-8-9-30(2)12-18(16)37-23(20)27-19(31)13-36-25-28-21(17(11-26)22(32)29-25)14-6-5-7-15(10-14)34-3/h5-7,10H,4,8-9,12-13H2,1-3H3,(H,27,31)(H,28,29,32). The third kappa shape index (κ3) is 5.85. The van der Waals surface area contributed by atoms with Crippen LogP contribution in [0.25, 0.3) is 11.3 Å². The lowest BCUT2D eigenvalue weighted by molar-refractivity contribution is -0.113. The Bertz CT molecular complexity index is 1440. The number of hydrogen-bond donors (Lipinski definition) is 2. The van der Waals surface area contributed by atoms with Crippen molar-refractivity contribution in [2.24, 2.45) is 0 Å². The maximum absolute atomic E-state index is 12.9. The first-order valence-electron chi connectivity index (χ1n) is 11.5. The van der Waals surface area contributed by atoms with Gasteiger partial charge in [0, 0.05) is 23.5 Å². The molecule has 4 rings (SSSR count). The van der Waals surface area contributed by atoms with Gasteiger partial charge in [-0.1, -0.05) is 23.9 Å². The number of ether oxygens (including phenoxy) is 2. The molecule has 1 aliphatic rings. The third-order valence-corrected chi connectivity index (χ3v) is 7.68. The smallest absolute Gasteiger partial charge is 0.341 e. The lowest BCUT2D eigenvalue weighted by Crippen LogP contribution is -2.26. The van der Waals surface area contributed by atoms with E-state index in [1.807, 2.05) is 13.1 Å². The van der Waals surface area contributed by atoms with Gasteiger partial charge in [0.2, 0.25) is 5.91 Å². The normalized spacial score (nSPS) is 12.9. The van der Waals surface area contributed by atoms with Gasteiger partial charge in [-0.2, -0.15) is 5.26 Å². The van der Waals surface area contributed by atoms with Crippen LogP contribution in [0.3, 0.4) is 0 Å². The summed E-state index contributed by atoms with van der Waals surface area (Å²) in [6.07, 6.45) is 0.699. The number of anilines is 1. The summed E-state index contributed by atoms with van der Waals surface area (Å²) in [5, 5.41) is 13.0. The molecule has 0 spiro atoms. The van der Waals surface area contributed by atoms with Crippen molar-refractivity contribution in [2.45, 2.75) is 25.0 Å². The molecule has 10 nitrogen and oxygen atoms in total. The van der Waals surface area contributed by atoms with Crippen LogP contribution in [0.2, 0.25) is 0 Å². The first-order valence-corrected chi connectivity index (χ1v) is 13.3. The molecule has 0 fully saturated rings. The highest BCUT2D eigenvalue weighted by atomic mass is 32.2. The van der Waals surface area contributed by atoms with E-state index in [9.17, 15) is 19.6 Å². The van der Waals surface area contributed by atoms with Gasteiger partial charge in [-0.05, 0) is 38.1 Å². The molecule has 0 bridgehead atoms. The molecule has 2 N–H and O–H groups in total. The summed E-state index contributed by atoms with van der Waals surface area (Å²) in [7, 11) is 3.53. The van der Waals surface area contributed by atoms with Crippen molar-refractivity contribution < 1.29 is 19.1 Å². The molecule has 0 saturated heterocycles. The molecule has 0 saturated carbocycles. The van der Waals surface area contributed by atoms with E-state index in [1.54, 1.807) is 31.2 Å². The van der Waals surface area contributed by atoms with E-state index in [2.05, 4.69) is 20.2 Å². The van der Waals surface area contributed by atoms with Crippen LogP contribution in [0, 0.1) is 11.3 Å². The number of rotatable bonds is 8. The van der Waals surface area contributed by atoms with Gasteiger partial charge in [0.15, 0.2) is 5.16 Å². The highest BCUT2D eigenvalue weighted by Gasteiger charge is 2.28. The van der Waals surface area contributed by atoms with Gasteiger partial charge >= 0.3 is 5.97 Å². The topological polar surface area (TPSA) is 137 Å². The summed E-state index contributed by atoms with van der Waals surface area (Å²) in [5.74, 6) is -0.331. The lowest BCUT2D eigenvalue weighted by Gasteiger charge is -2.22. The molecule has 0 atom stereocenters. The number of aromatic nitrogens is 2. The number of carbonyl (C=O) groups is 2. The highest BCUT2D eigenvalue weighted by molar-refractivity contribution is 7.99. The fourth-order valence-electron chi connectivity index (χ4n) is 3.94. The van der Waals surface area contributed by atoms with Crippen LogP contribution in [0.15, 0.2) is 34.2 Å². The van der Waals surface area contributed by atoms with Crippen LogP contribution < -0.4 is 15.6 Å². The number of carbonyl (C=O) groups excluding carboxylic acids is 2. The fourth-order valence-corrected chi connectivity index (χ4v) is 5.93. The number of nitrogens with one attached hydrogen (secondary N) is 2. The molecule has 3 heterocycles. The summed E-state index contributed by atoms with van der Waals surface area (Å²) < 4.78 is 10.5. The summed E-state index contributed by atoms with van der Waals surface area (Å²) in [4.78, 5) is 48.3. The number of nitriles is 1. The number of hydrogen-bond acceptors (Lipinski definition) is 10. The summed E-state index contributed by atoms with van der Waals surface area (Å²) in [5.41, 5.74) is 1.35. The third-order valence-electron chi connectivity index (χ3n) is 5.67. The number of esters is 1. The number of thioether (sulfide) groups is 1. The number of benzene rings is 1. The first kappa shape index (κ1) is 26.4. The minimum absolute atomic E-state index is 0.0723. The number of H-pyrrole nitrogens is 1. The highest BCUT2D eigenvalue weighted by Crippen LogP contribution is 2.37. The fraction of sp³-hybridized carbons (Fsp3) is 0.320. The molecular formula is C25H25N5O5S2. The van der Waals surface area contributed by atoms with Gasteiger partial charge in [0.1, 0.15) is 22.4 Å². The van der Waals surface area contributed by atoms with E-state index in [-0.39, 0.29) is 34.7 Å². The van der Waals surface area contributed by atoms with Crippen molar-refractivity contribution in [2.75, 3.05) is 38.4 Å². The molecular weight excluding hydrogens is 514 g/mol. The lowest BCUT2D eigenvalue weighted by atomic mass is 10.0. The van der Waals surface area contributed by atoms with Crippen LogP contribution >= 0.6 is 23.1 Å². The Labute approximate surface area is 221 Å². The SMILES string of the molecule is CCOC(=O)c1c(NC(=O)CSc2nc(-c3cccc(OC)c3)c(C#N)c(=O)[nH]2)sc2c1CCN(C)C2. The molecule has 0 unspecified atom stereocenters. The van der Waals surface area contributed by atoms with Crippen molar-refractivity contribution in [3.8, 4) is 23.1 Å². The van der Waals surface area contributed by atoms with Crippen molar-refractivity contribution in [3.05, 3.63) is 56.2 Å². The van der Waals surface area contributed by atoms with Crippen LogP contribution in [0.1, 0.15) is 33.3 Å². The van der Waals surface area contributed by atoms with Crippen molar-refractivity contribution in [1.82, 2.24) is 14.9 Å². The molecule has 2 aromatic heterocycles. The second-order valence-electron chi connectivity index (χ2n) is 8.19. The Hall–Kier alpha value is -3.66. The second kappa shape index (κ2) is 11.6. The minimum Gasteiger partial charge on any atom is -0.497 e. The van der Waals surface area contributed by atoms with Crippen molar-refractivity contribution in [3.63, 3.8) is 0 Å². The number of aromatic amines is 1. The van der Waals surface area contributed by atoms with Crippen LogP contribution in [0.4, 0.5) is 5.00 Å². The number of thiophene rings is 1. The Balaban J connectivity index is 1.55. The van der Waals surface area contributed by atoms with E-state index in [0.717, 1.165) is 28.7 Å². The van der Waals surface area contributed by atoms with E-state index in [4.69, 9.17) is 9.47 Å². The number of amides is 1. The molecule has 1 aliphatic heterocycles. The van der Waals surface area contributed by atoms with E-state index in [1.165, 1.54) is 18.4 Å². The predicted molar refractivity (Wildman–Crippen MR) is 141 cm³/mol.